The zero-order valence-corrected chi connectivity index (χ0v) is 16.7. The molecule has 0 aliphatic carbocycles. The summed E-state index contributed by atoms with van der Waals surface area (Å²) in [5.74, 6) is -0.827. The standard InChI is InChI=1S/C20H22N2O8/c1-4-29-20(24)14(21)9-12-5-7-16(15(10-12)22(25)26)30-17-8-6-13(19(23)28-3)11-18(17)27-2/h5-8,10-11,14H,4,9,21H2,1-3H3. The number of rotatable bonds is 9. The number of ether oxygens (including phenoxy) is 4. The molecule has 1 unspecified atom stereocenters. The maximum Gasteiger partial charge on any atom is 0.337 e. The van der Waals surface area contributed by atoms with Crippen molar-refractivity contribution in [3.8, 4) is 17.2 Å². The van der Waals surface area contributed by atoms with Crippen molar-refractivity contribution in [3.05, 3.63) is 57.6 Å². The number of nitro benzene ring substituents is 1. The highest BCUT2D eigenvalue weighted by Crippen LogP contribution is 2.37. The summed E-state index contributed by atoms with van der Waals surface area (Å²) in [4.78, 5) is 34.3. The lowest BCUT2D eigenvalue weighted by Gasteiger charge is -2.13. The molecule has 0 spiro atoms. The Labute approximate surface area is 172 Å². The maximum atomic E-state index is 11.7. The van der Waals surface area contributed by atoms with Gasteiger partial charge in [0.2, 0.25) is 5.75 Å². The van der Waals surface area contributed by atoms with Gasteiger partial charge in [-0.2, -0.15) is 0 Å². The van der Waals surface area contributed by atoms with Crippen molar-refractivity contribution in [1.82, 2.24) is 0 Å². The first kappa shape index (κ1) is 22.6. The smallest absolute Gasteiger partial charge is 0.337 e. The highest BCUT2D eigenvalue weighted by Gasteiger charge is 2.22. The van der Waals surface area contributed by atoms with E-state index < -0.39 is 22.9 Å². The van der Waals surface area contributed by atoms with Crippen LogP contribution in [0.4, 0.5) is 5.69 Å². The average Bonchev–Trinajstić information content (AvgIpc) is 2.74. The topological polar surface area (TPSA) is 140 Å². The van der Waals surface area contributed by atoms with Gasteiger partial charge in [0.15, 0.2) is 11.5 Å². The summed E-state index contributed by atoms with van der Waals surface area (Å²) in [5.41, 5.74) is 6.17. The van der Waals surface area contributed by atoms with Crippen molar-refractivity contribution < 1.29 is 33.5 Å². The molecule has 0 aliphatic heterocycles. The molecule has 0 bridgehead atoms. The van der Waals surface area contributed by atoms with Crippen LogP contribution in [-0.2, 0) is 20.7 Å². The lowest BCUT2D eigenvalue weighted by Crippen LogP contribution is -2.34. The third kappa shape index (κ3) is 5.45. The van der Waals surface area contributed by atoms with Gasteiger partial charge in [0, 0.05) is 6.07 Å². The summed E-state index contributed by atoms with van der Waals surface area (Å²) >= 11 is 0. The molecule has 0 amide bonds. The summed E-state index contributed by atoms with van der Waals surface area (Å²) in [6.07, 6.45) is 0.0666. The van der Waals surface area contributed by atoms with E-state index in [2.05, 4.69) is 4.74 Å². The van der Waals surface area contributed by atoms with E-state index in [4.69, 9.17) is 19.9 Å². The summed E-state index contributed by atoms with van der Waals surface area (Å²) in [5, 5.41) is 11.5. The number of nitrogens with two attached hydrogens (primary N) is 1. The van der Waals surface area contributed by atoms with Crippen LogP contribution in [-0.4, -0.2) is 43.7 Å². The molecule has 2 aromatic rings. The second-order valence-corrected chi connectivity index (χ2v) is 6.08. The Balaban J connectivity index is 2.31. The molecular formula is C20H22N2O8. The number of esters is 2. The molecule has 0 heterocycles. The molecule has 0 fully saturated rings. The summed E-state index contributed by atoms with van der Waals surface area (Å²) in [6.45, 7) is 1.85. The van der Waals surface area contributed by atoms with Crippen molar-refractivity contribution in [2.24, 2.45) is 5.73 Å². The first-order valence-corrected chi connectivity index (χ1v) is 8.94. The van der Waals surface area contributed by atoms with E-state index in [0.29, 0.717) is 5.56 Å². The second-order valence-electron chi connectivity index (χ2n) is 6.08. The molecule has 0 radical (unpaired) electrons. The van der Waals surface area contributed by atoms with Crippen molar-refractivity contribution >= 4 is 17.6 Å². The zero-order chi connectivity index (χ0) is 22.3. The Kier molecular flexibility index (Phi) is 7.70. The Morgan fingerprint density at radius 3 is 2.40 bits per heavy atom. The van der Waals surface area contributed by atoms with Crippen LogP contribution in [0.2, 0.25) is 0 Å². The van der Waals surface area contributed by atoms with Gasteiger partial charge in [0.25, 0.3) is 0 Å². The SMILES string of the molecule is CCOC(=O)C(N)Cc1ccc(Oc2ccc(C(=O)OC)cc2OC)c([N+](=O)[O-])c1. The number of carbonyl (C=O) groups is 2. The van der Waals surface area contributed by atoms with Crippen molar-refractivity contribution in [2.75, 3.05) is 20.8 Å². The van der Waals surface area contributed by atoms with Crippen LogP contribution < -0.4 is 15.2 Å². The molecular weight excluding hydrogens is 396 g/mol. The minimum absolute atomic E-state index is 0.0439. The molecule has 160 valence electrons. The average molecular weight is 418 g/mol. The van der Waals surface area contributed by atoms with Gasteiger partial charge in [-0.25, -0.2) is 4.79 Å². The van der Waals surface area contributed by atoms with E-state index in [-0.39, 0.29) is 41.5 Å². The van der Waals surface area contributed by atoms with Gasteiger partial charge in [0.1, 0.15) is 6.04 Å². The minimum Gasteiger partial charge on any atom is -0.493 e. The predicted octanol–water partition coefficient (Wildman–Crippen LogP) is 2.62. The van der Waals surface area contributed by atoms with E-state index in [1.807, 2.05) is 0 Å². The minimum atomic E-state index is -0.942. The molecule has 0 aliphatic rings. The number of nitro groups is 1. The Morgan fingerprint density at radius 1 is 1.10 bits per heavy atom. The van der Waals surface area contributed by atoms with Crippen LogP contribution in [0.1, 0.15) is 22.8 Å². The number of methoxy groups -OCH3 is 2. The number of hydrogen-bond acceptors (Lipinski definition) is 9. The van der Waals surface area contributed by atoms with Gasteiger partial charge in [0.05, 0.1) is 31.3 Å². The summed E-state index contributed by atoms with van der Waals surface area (Å²) in [6, 6.07) is 7.60. The first-order valence-electron chi connectivity index (χ1n) is 8.94. The second kappa shape index (κ2) is 10.2. The number of hydrogen-bond donors (Lipinski definition) is 1. The van der Waals surface area contributed by atoms with Crippen LogP contribution in [0.5, 0.6) is 17.2 Å². The van der Waals surface area contributed by atoms with Crippen LogP contribution in [0.25, 0.3) is 0 Å². The van der Waals surface area contributed by atoms with Crippen LogP contribution in [0, 0.1) is 10.1 Å². The molecule has 0 aromatic heterocycles. The molecule has 2 aromatic carbocycles. The van der Waals surface area contributed by atoms with Gasteiger partial charge >= 0.3 is 17.6 Å². The van der Waals surface area contributed by atoms with Crippen LogP contribution in [0.3, 0.4) is 0 Å². The van der Waals surface area contributed by atoms with Gasteiger partial charge in [-0.3, -0.25) is 14.9 Å². The normalized spacial score (nSPS) is 11.3. The van der Waals surface area contributed by atoms with E-state index in [1.165, 1.54) is 44.6 Å². The fourth-order valence-corrected chi connectivity index (χ4v) is 2.62. The highest BCUT2D eigenvalue weighted by atomic mass is 16.6. The fraction of sp³-hybridized carbons (Fsp3) is 0.300. The summed E-state index contributed by atoms with van der Waals surface area (Å²) < 4.78 is 20.4. The largest absolute Gasteiger partial charge is 0.493 e. The van der Waals surface area contributed by atoms with Crippen LogP contribution >= 0.6 is 0 Å². The predicted molar refractivity (Wildman–Crippen MR) is 106 cm³/mol. The molecule has 2 N–H and O–H groups in total. The molecule has 30 heavy (non-hydrogen) atoms. The Bertz CT molecular complexity index is 944. The monoisotopic (exact) mass is 418 g/mol. The molecule has 2 rings (SSSR count). The van der Waals surface area contributed by atoms with Gasteiger partial charge < -0.3 is 24.7 Å². The number of carbonyl (C=O) groups excluding carboxylic acids is 2. The van der Waals surface area contributed by atoms with E-state index in [1.54, 1.807) is 13.0 Å². The van der Waals surface area contributed by atoms with Crippen molar-refractivity contribution in [1.29, 1.82) is 0 Å². The molecule has 1 atom stereocenters. The lowest BCUT2D eigenvalue weighted by atomic mass is 10.1. The highest BCUT2D eigenvalue weighted by molar-refractivity contribution is 5.90. The zero-order valence-electron chi connectivity index (χ0n) is 16.7. The maximum absolute atomic E-state index is 11.7. The third-order valence-electron chi connectivity index (χ3n) is 4.07. The number of benzene rings is 2. The van der Waals surface area contributed by atoms with E-state index >= 15 is 0 Å². The molecule has 0 saturated heterocycles. The molecule has 10 nitrogen and oxygen atoms in total. The fourth-order valence-electron chi connectivity index (χ4n) is 2.62. The first-order chi connectivity index (χ1) is 14.3. The Hall–Kier alpha value is -3.66. The summed E-state index contributed by atoms with van der Waals surface area (Å²) in [7, 11) is 2.62. The lowest BCUT2D eigenvalue weighted by molar-refractivity contribution is -0.385. The van der Waals surface area contributed by atoms with E-state index in [0.717, 1.165) is 0 Å². The molecule has 10 heteroatoms. The number of nitrogens with zero attached hydrogens (tertiary/aromatic N) is 1. The Morgan fingerprint density at radius 2 is 1.80 bits per heavy atom. The quantitative estimate of drug-likeness (QED) is 0.369. The van der Waals surface area contributed by atoms with Crippen molar-refractivity contribution in [2.45, 2.75) is 19.4 Å². The third-order valence-corrected chi connectivity index (χ3v) is 4.07. The van der Waals surface area contributed by atoms with Crippen molar-refractivity contribution in [3.63, 3.8) is 0 Å². The van der Waals surface area contributed by atoms with Gasteiger partial charge in [-0.15, -0.1) is 0 Å². The van der Waals surface area contributed by atoms with Gasteiger partial charge in [-0.05, 0) is 43.2 Å². The molecule has 0 saturated carbocycles. The van der Waals surface area contributed by atoms with E-state index in [9.17, 15) is 19.7 Å². The van der Waals surface area contributed by atoms with Crippen LogP contribution in [0.15, 0.2) is 36.4 Å². The van der Waals surface area contributed by atoms with Gasteiger partial charge in [-0.1, -0.05) is 6.07 Å².